The molecule has 0 N–H and O–H groups in total. The van der Waals surface area contributed by atoms with Gasteiger partial charge in [0.25, 0.3) is 0 Å². The summed E-state index contributed by atoms with van der Waals surface area (Å²) in [4.78, 5) is 0. The van der Waals surface area contributed by atoms with E-state index in [2.05, 4.69) is 13.8 Å². The van der Waals surface area contributed by atoms with Crippen LogP contribution < -0.4 is 0 Å². The zero-order valence-corrected chi connectivity index (χ0v) is 8.18. The van der Waals surface area contributed by atoms with Gasteiger partial charge in [-0.2, -0.15) is 0 Å². The summed E-state index contributed by atoms with van der Waals surface area (Å²) in [6, 6.07) is 0. The monoisotopic (exact) mass is 157 g/mol. The Labute approximate surface area is 55.8 Å². The normalized spacial score (nSPS) is 8.17. The molecule has 35 valence electrons. The topological polar surface area (TPSA) is 0 Å². The predicted octanol–water partition coefficient (Wildman–Crippen LogP) is 2.03. The third-order valence-electron chi connectivity index (χ3n) is 0.577. The van der Waals surface area contributed by atoms with Gasteiger partial charge in [-0.3, -0.25) is 0 Å². The molecule has 0 unspecified atom stereocenters. The largest absolute Gasteiger partial charge is 0.147 e. The van der Waals surface area contributed by atoms with Gasteiger partial charge in [-0.05, 0) is 0 Å². The minimum atomic E-state index is 0. The maximum absolute atomic E-state index is 2.25. The molecule has 0 aliphatic rings. The molecule has 0 aliphatic carbocycles. The van der Waals surface area contributed by atoms with Crippen LogP contribution in [0.3, 0.4) is 0 Å². The third kappa shape index (κ3) is 8.87. The van der Waals surface area contributed by atoms with Crippen LogP contribution >= 0.6 is 12.4 Å². The molecule has 2 heteroatoms. The van der Waals surface area contributed by atoms with E-state index in [1.54, 1.807) is 0 Å². The summed E-state index contributed by atoms with van der Waals surface area (Å²) in [5, 5.41) is 1.43. The zero-order chi connectivity index (χ0) is 4.28. The molecule has 0 bridgehead atoms. The fraction of sp³-hybridized carbons (Fsp3) is 1.00. The van der Waals surface area contributed by atoms with Crippen molar-refractivity contribution in [2.75, 3.05) is 0 Å². The Balaban J connectivity index is 0. The molecule has 0 radical (unpaired) electrons. The average Bonchev–Trinajstić information content (AvgIpc) is 1.38. The molecule has 0 aromatic rings. The van der Waals surface area contributed by atoms with Crippen molar-refractivity contribution in [1.29, 1.82) is 0 Å². The second kappa shape index (κ2) is 5.91. The molecule has 6 heavy (non-hydrogen) atoms. The Kier molecular flexibility index (Phi) is 9.87. The summed E-state index contributed by atoms with van der Waals surface area (Å²) < 4.78 is 0. The summed E-state index contributed by atoms with van der Waals surface area (Å²) in [5.41, 5.74) is 0. The SMILES string of the molecule is CC(C)[CH2][Zn].Cl. The van der Waals surface area contributed by atoms with E-state index < -0.39 is 0 Å². The van der Waals surface area contributed by atoms with Gasteiger partial charge in [0.15, 0.2) is 0 Å². The van der Waals surface area contributed by atoms with E-state index in [1.165, 1.54) is 23.3 Å². The first-order valence-electron chi connectivity index (χ1n) is 2.06. The predicted molar refractivity (Wildman–Crippen MR) is 26.9 cm³/mol. The number of rotatable bonds is 1. The molecule has 0 spiro atoms. The number of halogens is 1. The van der Waals surface area contributed by atoms with Crippen LogP contribution in [0.25, 0.3) is 0 Å². The smallest absolute Gasteiger partial charge is 0.147 e. The van der Waals surface area contributed by atoms with Crippen molar-refractivity contribution in [3.8, 4) is 0 Å². The fourth-order valence-corrected chi connectivity index (χ4v) is 0. The Morgan fingerprint density at radius 3 is 1.67 bits per heavy atom. The van der Waals surface area contributed by atoms with E-state index in [9.17, 15) is 0 Å². The summed E-state index contributed by atoms with van der Waals surface area (Å²) in [5.74, 6) is 0.940. The van der Waals surface area contributed by atoms with Gasteiger partial charge in [-0.25, -0.2) is 0 Å². The van der Waals surface area contributed by atoms with Crippen LogP contribution in [-0.2, 0) is 18.3 Å². The second-order valence-corrected chi connectivity index (χ2v) is 2.89. The molecule has 0 heterocycles. The van der Waals surface area contributed by atoms with Gasteiger partial charge < -0.3 is 0 Å². The molecular formula is C4H10ClZn. The van der Waals surface area contributed by atoms with Crippen molar-refractivity contribution in [1.82, 2.24) is 0 Å². The summed E-state index contributed by atoms with van der Waals surface area (Å²) in [6.45, 7) is 4.51. The van der Waals surface area contributed by atoms with Crippen molar-refractivity contribution >= 4 is 12.4 Å². The van der Waals surface area contributed by atoms with Gasteiger partial charge in [-0.15, -0.1) is 12.4 Å². The van der Waals surface area contributed by atoms with E-state index in [0.29, 0.717) is 0 Å². The Hall–Kier alpha value is 0.913. The molecule has 0 nitrogen and oxygen atoms in total. The Bertz CT molecular complexity index is 21.5. The van der Waals surface area contributed by atoms with E-state index >= 15 is 0 Å². The van der Waals surface area contributed by atoms with Crippen LogP contribution in [0, 0.1) is 5.92 Å². The van der Waals surface area contributed by atoms with Crippen LogP contribution in [0.4, 0.5) is 0 Å². The van der Waals surface area contributed by atoms with Crippen LogP contribution in [0.5, 0.6) is 0 Å². The fourth-order valence-electron chi connectivity index (χ4n) is 0. The van der Waals surface area contributed by atoms with Crippen LogP contribution in [0.15, 0.2) is 0 Å². The first kappa shape index (κ1) is 10.0. The molecule has 0 fully saturated rings. The van der Waals surface area contributed by atoms with Gasteiger partial charge in [-0.1, -0.05) is 0 Å². The standard InChI is InChI=1S/C4H9.ClH.Zn/c1-4(2)3;;/h4H,1H2,2-3H3;1H;. The molecule has 0 aliphatic heterocycles. The van der Waals surface area contributed by atoms with E-state index in [1.807, 2.05) is 0 Å². The molecule has 0 atom stereocenters. The van der Waals surface area contributed by atoms with Crippen molar-refractivity contribution in [3.05, 3.63) is 0 Å². The number of hydrogen-bond acceptors (Lipinski definition) is 0. The first-order valence-corrected chi connectivity index (χ1v) is 4.16. The summed E-state index contributed by atoms with van der Waals surface area (Å²) >= 11 is 1.46. The van der Waals surface area contributed by atoms with Crippen molar-refractivity contribution in [2.45, 2.75) is 18.9 Å². The van der Waals surface area contributed by atoms with E-state index in [4.69, 9.17) is 0 Å². The maximum Gasteiger partial charge on any atom is -0.147 e. The molecule has 0 saturated carbocycles. The average molecular weight is 159 g/mol. The molecule has 0 aromatic carbocycles. The van der Waals surface area contributed by atoms with E-state index in [-0.39, 0.29) is 12.4 Å². The Morgan fingerprint density at radius 2 is 1.67 bits per heavy atom. The second-order valence-electron chi connectivity index (χ2n) is 1.68. The quantitative estimate of drug-likeness (QED) is 0.513. The van der Waals surface area contributed by atoms with Crippen LogP contribution in [-0.4, -0.2) is 0 Å². The third-order valence-corrected chi connectivity index (χ3v) is 3.00. The zero-order valence-electron chi connectivity index (χ0n) is 4.40. The summed E-state index contributed by atoms with van der Waals surface area (Å²) in [6.07, 6.45) is 0. The molecule has 0 aromatic heterocycles. The molecule has 0 amide bonds. The Morgan fingerprint density at radius 1 is 1.50 bits per heavy atom. The van der Waals surface area contributed by atoms with Crippen LogP contribution in [0.1, 0.15) is 13.8 Å². The molecular weight excluding hydrogens is 149 g/mol. The molecule has 0 saturated heterocycles. The molecule has 0 rings (SSSR count). The minimum Gasteiger partial charge on any atom is -0.147 e. The minimum absolute atomic E-state index is 0. The van der Waals surface area contributed by atoms with Gasteiger partial charge in [0.2, 0.25) is 0 Å². The van der Waals surface area contributed by atoms with Crippen LogP contribution in [0.2, 0.25) is 5.02 Å². The van der Waals surface area contributed by atoms with Gasteiger partial charge >= 0.3 is 43.1 Å². The van der Waals surface area contributed by atoms with E-state index in [0.717, 1.165) is 5.92 Å². The van der Waals surface area contributed by atoms with Gasteiger partial charge in [0.1, 0.15) is 0 Å². The van der Waals surface area contributed by atoms with Crippen molar-refractivity contribution in [3.63, 3.8) is 0 Å². The van der Waals surface area contributed by atoms with Crippen molar-refractivity contribution in [2.24, 2.45) is 5.92 Å². The van der Waals surface area contributed by atoms with Gasteiger partial charge in [0, 0.05) is 0 Å². The van der Waals surface area contributed by atoms with Gasteiger partial charge in [0.05, 0.1) is 0 Å². The van der Waals surface area contributed by atoms with Crippen molar-refractivity contribution < 1.29 is 18.3 Å². The summed E-state index contributed by atoms with van der Waals surface area (Å²) in [7, 11) is 0. The first-order chi connectivity index (χ1) is 2.27. The maximum atomic E-state index is 2.25. The number of hydrogen-bond donors (Lipinski definition) is 0.